The van der Waals surface area contributed by atoms with Crippen molar-refractivity contribution in [2.24, 2.45) is 17.8 Å². The fraction of sp³-hybridized carbons (Fsp3) is 0.684. The minimum absolute atomic E-state index is 0.766. The maximum Gasteiger partial charge on any atom is 0.0130 e. The Bertz CT molecular complexity index is 413. The van der Waals surface area contributed by atoms with E-state index in [9.17, 15) is 0 Å². The van der Waals surface area contributed by atoms with Crippen LogP contribution in [0.15, 0.2) is 30.3 Å². The highest BCUT2D eigenvalue weighted by molar-refractivity contribution is 5.27. The van der Waals surface area contributed by atoms with Crippen LogP contribution in [0.3, 0.4) is 0 Å². The van der Waals surface area contributed by atoms with E-state index in [1.54, 1.807) is 5.56 Å². The maximum atomic E-state index is 3.83. The predicted octanol–water partition coefficient (Wildman–Crippen LogP) is 4.59. The average Bonchev–Trinajstić information content (AvgIpc) is 3.14. The number of hydrogen-bond acceptors (Lipinski definition) is 1. The maximum absolute atomic E-state index is 3.83. The SMILES string of the molecule is CCNC(C1CCC(CC)C1)C1CC1c1ccccc1. The highest BCUT2D eigenvalue weighted by atomic mass is 14.9. The summed E-state index contributed by atoms with van der Waals surface area (Å²) in [5.41, 5.74) is 1.56. The van der Waals surface area contributed by atoms with Crippen molar-refractivity contribution in [3.05, 3.63) is 35.9 Å². The van der Waals surface area contributed by atoms with Gasteiger partial charge in [-0.15, -0.1) is 0 Å². The van der Waals surface area contributed by atoms with E-state index >= 15 is 0 Å². The van der Waals surface area contributed by atoms with E-state index in [4.69, 9.17) is 0 Å². The van der Waals surface area contributed by atoms with E-state index in [-0.39, 0.29) is 0 Å². The van der Waals surface area contributed by atoms with Crippen LogP contribution in [-0.2, 0) is 0 Å². The molecule has 0 aliphatic heterocycles. The summed E-state index contributed by atoms with van der Waals surface area (Å²) in [6, 6.07) is 11.9. The molecule has 3 rings (SSSR count). The third kappa shape index (κ3) is 2.93. The third-order valence-corrected chi connectivity index (χ3v) is 5.64. The van der Waals surface area contributed by atoms with Crippen LogP contribution in [0.25, 0.3) is 0 Å². The molecular weight excluding hydrogens is 242 g/mol. The van der Waals surface area contributed by atoms with Crippen LogP contribution in [0.1, 0.15) is 57.4 Å². The van der Waals surface area contributed by atoms with Gasteiger partial charge in [0.05, 0.1) is 0 Å². The third-order valence-electron chi connectivity index (χ3n) is 5.64. The van der Waals surface area contributed by atoms with Crippen molar-refractivity contribution >= 4 is 0 Å². The van der Waals surface area contributed by atoms with Gasteiger partial charge < -0.3 is 5.32 Å². The van der Waals surface area contributed by atoms with Crippen molar-refractivity contribution in [1.82, 2.24) is 5.32 Å². The van der Waals surface area contributed by atoms with Crippen molar-refractivity contribution in [2.75, 3.05) is 6.54 Å². The molecule has 110 valence electrons. The molecule has 0 aromatic heterocycles. The molecule has 2 aliphatic carbocycles. The van der Waals surface area contributed by atoms with Gasteiger partial charge in [-0.3, -0.25) is 0 Å². The molecule has 0 amide bonds. The minimum atomic E-state index is 0.766. The predicted molar refractivity (Wildman–Crippen MR) is 85.9 cm³/mol. The van der Waals surface area contributed by atoms with E-state index in [1.165, 1.54) is 32.1 Å². The van der Waals surface area contributed by atoms with Crippen molar-refractivity contribution in [3.63, 3.8) is 0 Å². The topological polar surface area (TPSA) is 12.0 Å². The van der Waals surface area contributed by atoms with Gasteiger partial charge in [0, 0.05) is 6.04 Å². The van der Waals surface area contributed by atoms with Crippen molar-refractivity contribution in [1.29, 1.82) is 0 Å². The Morgan fingerprint density at radius 2 is 1.90 bits per heavy atom. The molecule has 0 saturated heterocycles. The molecule has 0 heterocycles. The Hall–Kier alpha value is -0.820. The number of rotatable bonds is 6. The lowest BCUT2D eigenvalue weighted by atomic mass is 9.90. The van der Waals surface area contributed by atoms with E-state index in [1.807, 2.05) is 0 Å². The zero-order chi connectivity index (χ0) is 13.9. The molecule has 2 aliphatic rings. The highest BCUT2D eigenvalue weighted by Crippen LogP contribution is 2.53. The van der Waals surface area contributed by atoms with E-state index < -0.39 is 0 Å². The molecule has 20 heavy (non-hydrogen) atoms. The second-order valence-electron chi connectivity index (χ2n) is 6.85. The summed E-state index contributed by atoms with van der Waals surface area (Å²) < 4.78 is 0. The summed E-state index contributed by atoms with van der Waals surface area (Å²) in [6.07, 6.45) is 7.16. The molecule has 0 spiro atoms. The molecule has 1 nitrogen and oxygen atoms in total. The molecule has 1 aromatic rings. The van der Waals surface area contributed by atoms with Crippen LogP contribution in [0, 0.1) is 17.8 Å². The molecule has 2 saturated carbocycles. The number of benzene rings is 1. The standard InChI is InChI=1S/C19H29N/c1-3-14-10-11-16(12-14)19(20-4-2)18-13-17(18)15-8-6-5-7-9-15/h5-9,14,16-20H,3-4,10-13H2,1-2H3. The van der Waals surface area contributed by atoms with Crippen molar-refractivity contribution < 1.29 is 0 Å². The first-order valence-electron chi connectivity index (χ1n) is 8.61. The zero-order valence-corrected chi connectivity index (χ0v) is 13.0. The zero-order valence-electron chi connectivity index (χ0n) is 13.0. The molecule has 5 unspecified atom stereocenters. The van der Waals surface area contributed by atoms with Gasteiger partial charge >= 0.3 is 0 Å². The van der Waals surface area contributed by atoms with E-state index in [0.717, 1.165) is 36.3 Å². The lowest BCUT2D eigenvalue weighted by molar-refractivity contribution is 0.316. The van der Waals surface area contributed by atoms with Crippen LogP contribution in [0.5, 0.6) is 0 Å². The summed E-state index contributed by atoms with van der Waals surface area (Å²) in [6.45, 7) is 5.74. The normalized spacial score (nSPS) is 34.1. The first-order valence-corrected chi connectivity index (χ1v) is 8.61. The lowest BCUT2D eigenvalue weighted by Gasteiger charge is -2.25. The second-order valence-corrected chi connectivity index (χ2v) is 6.85. The monoisotopic (exact) mass is 271 g/mol. The largest absolute Gasteiger partial charge is 0.314 e. The Kier molecular flexibility index (Phi) is 4.45. The van der Waals surface area contributed by atoms with Crippen LogP contribution < -0.4 is 5.32 Å². The summed E-state index contributed by atoms with van der Waals surface area (Å²) in [5, 5.41) is 3.83. The Labute approximate surface area is 124 Å². The Morgan fingerprint density at radius 1 is 1.10 bits per heavy atom. The summed E-state index contributed by atoms with van der Waals surface area (Å²) in [7, 11) is 0. The van der Waals surface area contributed by atoms with Gasteiger partial charge in [-0.1, -0.05) is 57.0 Å². The smallest absolute Gasteiger partial charge is 0.0130 e. The van der Waals surface area contributed by atoms with Crippen molar-refractivity contribution in [2.45, 2.75) is 57.9 Å². The Morgan fingerprint density at radius 3 is 2.55 bits per heavy atom. The molecule has 1 N–H and O–H groups in total. The van der Waals surface area contributed by atoms with E-state index in [2.05, 4.69) is 49.5 Å². The van der Waals surface area contributed by atoms with Crippen LogP contribution >= 0.6 is 0 Å². The van der Waals surface area contributed by atoms with Gasteiger partial charge in [0.25, 0.3) is 0 Å². The molecular formula is C19H29N. The molecule has 0 radical (unpaired) electrons. The van der Waals surface area contributed by atoms with Crippen LogP contribution in [0.4, 0.5) is 0 Å². The quantitative estimate of drug-likeness (QED) is 0.797. The fourth-order valence-electron chi connectivity index (χ4n) is 4.41. The van der Waals surface area contributed by atoms with Gasteiger partial charge in [-0.2, -0.15) is 0 Å². The minimum Gasteiger partial charge on any atom is -0.314 e. The molecule has 0 bridgehead atoms. The molecule has 5 atom stereocenters. The first kappa shape index (κ1) is 14.1. The van der Waals surface area contributed by atoms with Crippen molar-refractivity contribution in [3.8, 4) is 0 Å². The van der Waals surface area contributed by atoms with E-state index in [0.29, 0.717) is 0 Å². The Balaban J connectivity index is 1.64. The fourth-order valence-corrected chi connectivity index (χ4v) is 4.41. The summed E-state index contributed by atoms with van der Waals surface area (Å²) >= 11 is 0. The highest BCUT2D eigenvalue weighted by Gasteiger charge is 2.47. The summed E-state index contributed by atoms with van der Waals surface area (Å²) in [4.78, 5) is 0. The summed E-state index contributed by atoms with van der Waals surface area (Å²) in [5.74, 6) is 3.63. The number of hydrogen-bond donors (Lipinski definition) is 1. The van der Waals surface area contributed by atoms with Gasteiger partial charge in [-0.05, 0) is 55.0 Å². The van der Waals surface area contributed by atoms with Crippen LogP contribution in [0.2, 0.25) is 0 Å². The first-order chi connectivity index (χ1) is 9.83. The lowest BCUT2D eigenvalue weighted by Crippen LogP contribution is -2.37. The molecule has 2 fully saturated rings. The van der Waals surface area contributed by atoms with Gasteiger partial charge in [0.15, 0.2) is 0 Å². The average molecular weight is 271 g/mol. The van der Waals surface area contributed by atoms with Gasteiger partial charge in [0.2, 0.25) is 0 Å². The molecule has 1 heteroatoms. The second kappa shape index (κ2) is 6.30. The number of nitrogens with one attached hydrogen (secondary N) is 1. The van der Waals surface area contributed by atoms with Gasteiger partial charge in [0.1, 0.15) is 0 Å². The van der Waals surface area contributed by atoms with Crippen LogP contribution in [-0.4, -0.2) is 12.6 Å². The van der Waals surface area contributed by atoms with Gasteiger partial charge in [-0.25, -0.2) is 0 Å². The molecule has 1 aromatic carbocycles.